The van der Waals surface area contributed by atoms with Crippen LogP contribution in [0.3, 0.4) is 0 Å². The third kappa shape index (κ3) is 2.51. The van der Waals surface area contributed by atoms with Crippen LogP contribution in [0.1, 0.15) is 0 Å². The molecule has 0 bridgehead atoms. The number of benzene rings is 1. The minimum absolute atomic E-state index is 0.0704. The van der Waals surface area contributed by atoms with Crippen molar-refractivity contribution in [3.63, 3.8) is 0 Å². The molecule has 0 atom stereocenters. The normalized spacial score (nSPS) is 10.4. The molecule has 0 spiro atoms. The monoisotopic (exact) mass is 327 g/mol. The van der Waals surface area contributed by atoms with Gasteiger partial charge in [0.05, 0.1) is 4.92 Å². The maximum Gasteiger partial charge on any atom is 0.353 e. The fourth-order valence-electron chi connectivity index (χ4n) is 1.41. The van der Waals surface area contributed by atoms with Crippen molar-refractivity contribution in [2.75, 3.05) is 19.0 Å². The lowest BCUT2D eigenvalue weighted by atomic mass is 10.2. The number of nitrogens with zero attached hydrogens (tertiary/aromatic N) is 3. The largest absolute Gasteiger partial charge is 0.354 e. The number of nitro groups is 1. The second-order valence-corrected chi connectivity index (χ2v) is 5.68. The molecule has 0 aliphatic carbocycles. The number of rotatable bonds is 3. The van der Waals surface area contributed by atoms with Gasteiger partial charge in [-0.15, -0.1) is 0 Å². The first-order valence-corrected chi connectivity index (χ1v) is 6.68. The van der Waals surface area contributed by atoms with E-state index in [-0.39, 0.29) is 9.92 Å². The maximum atomic E-state index is 11.0. The molecule has 1 heterocycles. The summed E-state index contributed by atoms with van der Waals surface area (Å²) in [6, 6.07) is 7.30. The molecule has 1 aromatic heterocycles. The smallest absolute Gasteiger partial charge is 0.353 e. The Morgan fingerprint density at radius 1 is 1.33 bits per heavy atom. The summed E-state index contributed by atoms with van der Waals surface area (Å²) in [5.74, 6) is 0. The summed E-state index contributed by atoms with van der Waals surface area (Å²) in [6.07, 6.45) is 0. The number of aromatic nitrogens is 1. The predicted octanol–water partition coefficient (Wildman–Crippen LogP) is 3.55. The second-order valence-electron chi connectivity index (χ2n) is 3.81. The highest BCUT2D eigenvalue weighted by Crippen LogP contribution is 2.38. The van der Waals surface area contributed by atoms with Gasteiger partial charge in [0.15, 0.2) is 10.8 Å². The van der Waals surface area contributed by atoms with Crippen LogP contribution < -0.4 is 4.90 Å². The van der Waals surface area contributed by atoms with Crippen LogP contribution in [-0.4, -0.2) is 24.0 Å². The molecule has 0 N–H and O–H groups in total. The van der Waals surface area contributed by atoms with E-state index in [1.807, 2.05) is 38.4 Å². The van der Waals surface area contributed by atoms with E-state index >= 15 is 0 Å². The van der Waals surface area contributed by atoms with Gasteiger partial charge in [-0.25, -0.2) is 4.98 Å². The highest BCUT2D eigenvalue weighted by Gasteiger charge is 2.23. The Hall–Kier alpha value is -1.47. The highest BCUT2D eigenvalue weighted by atomic mass is 79.9. The van der Waals surface area contributed by atoms with Gasteiger partial charge in [-0.2, -0.15) is 0 Å². The third-order valence-corrected chi connectivity index (χ3v) is 3.97. The standard InChI is InChI=1S/C11H10BrN3O2S/c1-14(2)11-13-9(10(18-11)15(16)17)7-3-5-8(12)6-4-7/h3-6H,1-2H3. The Labute approximate surface area is 116 Å². The van der Waals surface area contributed by atoms with Gasteiger partial charge >= 0.3 is 5.00 Å². The Morgan fingerprint density at radius 3 is 2.44 bits per heavy atom. The van der Waals surface area contributed by atoms with Gasteiger partial charge in [0.25, 0.3) is 0 Å². The van der Waals surface area contributed by atoms with Crippen LogP contribution in [0.25, 0.3) is 11.3 Å². The molecule has 0 aliphatic rings. The molecular formula is C11H10BrN3O2S. The number of hydrogen-bond acceptors (Lipinski definition) is 5. The first-order valence-electron chi connectivity index (χ1n) is 5.07. The SMILES string of the molecule is CN(C)c1nc(-c2ccc(Br)cc2)c([N+](=O)[O-])s1. The lowest BCUT2D eigenvalue weighted by Gasteiger charge is -2.04. The van der Waals surface area contributed by atoms with Gasteiger partial charge in [0, 0.05) is 24.1 Å². The number of hydrogen-bond donors (Lipinski definition) is 0. The van der Waals surface area contributed by atoms with Gasteiger partial charge in [-0.05, 0) is 23.5 Å². The molecule has 0 unspecified atom stereocenters. The maximum absolute atomic E-state index is 11.0. The molecule has 7 heteroatoms. The summed E-state index contributed by atoms with van der Waals surface area (Å²) in [5, 5.41) is 11.7. The van der Waals surface area contributed by atoms with Gasteiger partial charge < -0.3 is 4.90 Å². The summed E-state index contributed by atoms with van der Waals surface area (Å²) in [5.41, 5.74) is 1.16. The van der Waals surface area contributed by atoms with Gasteiger partial charge in [-0.1, -0.05) is 28.1 Å². The van der Waals surface area contributed by atoms with E-state index in [9.17, 15) is 10.1 Å². The van der Waals surface area contributed by atoms with E-state index in [4.69, 9.17) is 0 Å². The zero-order valence-corrected chi connectivity index (χ0v) is 12.2. The second kappa shape index (κ2) is 5.03. The van der Waals surface area contributed by atoms with E-state index in [0.29, 0.717) is 10.8 Å². The van der Waals surface area contributed by atoms with Crippen molar-refractivity contribution in [1.29, 1.82) is 0 Å². The molecule has 0 saturated heterocycles. The molecule has 0 aliphatic heterocycles. The molecule has 94 valence electrons. The van der Waals surface area contributed by atoms with E-state index < -0.39 is 0 Å². The van der Waals surface area contributed by atoms with Crippen LogP contribution in [0, 0.1) is 10.1 Å². The number of anilines is 1. The summed E-state index contributed by atoms with van der Waals surface area (Å²) < 4.78 is 0.928. The molecule has 2 rings (SSSR count). The lowest BCUT2D eigenvalue weighted by molar-refractivity contribution is -0.379. The van der Waals surface area contributed by atoms with E-state index in [1.165, 1.54) is 0 Å². The van der Waals surface area contributed by atoms with Crippen LogP contribution >= 0.6 is 27.3 Å². The first-order chi connectivity index (χ1) is 8.49. The van der Waals surface area contributed by atoms with Crippen molar-refractivity contribution in [3.05, 3.63) is 38.9 Å². The summed E-state index contributed by atoms with van der Waals surface area (Å²) in [7, 11) is 3.63. The topological polar surface area (TPSA) is 59.3 Å². The van der Waals surface area contributed by atoms with Crippen LogP contribution in [0.15, 0.2) is 28.7 Å². The van der Waals surface area contributed by atoms with Crippen LogP contribution in [0.5, 0.6) is 0 Å². The quantitative estimate of drug-likeness (QED) is 0.639. The van der Waals surface area contributed by atoms with Crippen molar-refractivity contribution in [2.45, 2.75) is 0 Å². The fourth-order valence-corrected chi connectivity index (χ4v) is 2.50. The minimum atomic E-state index is -0.387. The molecule has 0 saturated carbocycles. The van der Waals surface area contributed by atoms with Crippen molar-refractivity contribution >= 4 is 37.4 Å². The Balaban J connectivity index is 2.55. The van der Waals surface area contributed by atoms with Crippen LogP contribution in [0.2, 0.25) is 0 Å². The van der Waals surface area contributed by atoms with Crippen molar-refractivity contribution in [2.24, 2.45) is 0 Å². The van der Waals surface area contributed by atoms with Crippen molar-refractivity contribution < 1.29 is 4.92 Å². The zero-order valence-electron chi connectivity index (χ0n) is 9.75. The van der Waals surface area contributed by atoms with Crippen LogP contribution in [-0.2, 0) is 0 Å². The average molecular weight is 328 g/mol. The Bertz CT molecular complexity index is 580. The zero-order chi connectivity index (χ0) is 13.3. The highest BCUT2D eigenvalue weighted by molar-refractivity contribution is 9.10. The molecule has 0 amide bonds. The van der Waals surface area contributed by atoms with E-state index in [2.05, 4.69) is 20.9 Å². The molecular weight excluding hydrogens is 318 g/mol. The molecule has 2 aromatic rings. The van der Waals surface area contributed by atoms with Gasteiger partial charge in [0.2, 0.25) is 0 Å². The third-order valence-electron chi connectivity index (χ3n) is 2.26. The Morgan fingerprint density at radius 2 is 1.94 bits per heavy atom. The molecule has 5 nitrogen and oxygen atoms in total. The number of halogens is 1. The van der Waals surface area contributed by atoms with Gasteiger partial charge in [-0.3, -0.25) is 10.1 Å². The van der Waals surface area contributed by atoms with E-state index in [0.717, 1.165) is 21.4 Å². The Kier molecular flexibility index (Phi) is 3.63. The van der Waals surface area contributed by atoms with Crippen molar-refractivity contribution in [1.82, 2.24) is 4.98 Å². The molecule has 18 heavy (non-hydrogen) atoms. The number of thiazole rings is 1. The lowest BCUT2D eigenvalue weighted by Crippen LogP contribution is -2.07. The summed E-state index contributed by atoms with van der Waals surface area (Å²) in [4.78, 5) is 16.7. The molecule has 0 radical (unpaired) electrons. The van der Waals surface area contributed by atoms with E-state index in [1.54, 1.807) is 4.90 Å². The first kappa shape index (κ1) is 13.0. The van der Waals surface area contributed by atoms with Gasteiger partial charge in [0.1, 0.15) is 0 Å². The average Bonchev–Trinajstić information content (AvgIpc) is 2.75. The summed E-state index contributed by atoms with van der Waals surface area (Å²) in [6.45, 7) is 0. The minimum Gasteiger partial charge on any atom is -0.354 e. The molecule has 1 aromatic carbocycles. The van der Waals surface area contributed by atoms with Crippen molar-refractivity contribution in [3.8, 4) is 11.3 Å². The molecule has 0 fully saturated rings. The fraction of sp³-hybridized carbons (Fsp3) is 0.182. The van der Waals surface area contributed by atoms with Crippen LogP contribution in [0.4, 0.5) is 10.1 Å². The summed E-state index contributed by atoms with van der Waals surface area (Å²) >= 11 is 4.41. The predicted molar refractivity (Wildman–Crippen MR) is 76.2 cm³/mol.